The van der Waals surface area contributed by atoms with E-state index in [-0.39, 0.29) is 16.5 Å². The van der Waals surface area contributed by atoms with Gasteiger partial charge in [-0.15, -0.1) is 0 Å². The molecule has 146 valence electrons. The Kier molecular flexibility index (Phi) is 6.81. The van der Waals surface area contributed by atoms with Crippen LogP contribution in [0.3, 0.4) is 0 Å². The van der Waals surface area contributed by atoms with Crippen LogP contribution in [0.15, 0.2) is 47.5 Å². The summed E-state index contributed by atoms with van der Waals surface area (Å²) in [5.74, 6) is 1.30. The Balaban J connectivity index is 1.46. The molecular formula is C18H24N4O3S2. The van der Waals surface area contributed by atoms with Crippen molar-refractivity contribution >= 4 is 33.4 Å². The van der Waals surface area contributed by atoms with Crippen molar-refractivity contribution in [2.75, 3.05) is 43.0 Å². The average molecular weight is 409 g/mol. The quantitative estimate of drug-likeness (QED) is 0.581. The average Bonchev–Trinajstić information content (AvgIpc) is 3.20. The van der Waals surface area contributed by atoms with Gasteiger partial charge < -0.3 is 15.6 Å². The first kappa shape index (κ1) is 19.8. The lowest BCUT2D eigenvalue weighted by Crippen LogP contribution is -2.37. The number of aromatic nitrogens is 1. The van der Waals surface area contributed by atoms with Crippen LogP contribution in [0.5, 0.6) is 0 Å². The van der Waals surface area contributed by atoms with Crippen LogP contribution in [0.4, 0.5) is 5.69 Å². The molecule has 1 aromatic carbocycles. The Labute approximate surface area is 164 Å². The van der Waals surface area contributed by atoms with Crippen molar-refractivity contribution in [1.29, 1.82) is 0 Å². The van der Waals surface area contributed by atoms with Crippen molar-refractivity contribution in [3.8, 4) is 0 Å². The number of amides is 1. The number of hydrogen-bond acceptors (Lipinski definition) is 5. The number of carbonyl (C=O) groups excluding carboxylic acids is 1. The van der Waals surface area contributed by atoms with Gasteiger partial charge in [0, 0.05) is 49.6 Å². The van der Waals surface area contributed by atoms with E-state index in [0.29, 0.717) is 19.6 Å². The zero-order chi connectivity index (χ0) is 19.1. The lowest BCUT2D eigenvalue weighted by Gasteiger charge is -2.24. The van der Waals surface area contributed by atoms with Crippen LogP contribution in [0.1, 0.15) is 16.9 Å². The highest BCUT2D eigenvalue weighted by Crippen LogP contribution is 2.20. The molecule has 0 bridgehead atoms. The van der Waals surface area contributed by atoms with Gasteiger partial charge in [0.25, 0.3) is 5.91 Å². The fourth-order valence-electron chi connectivity index (χ4n) is 2.76. The third kappa shape index (κ3) is 5.27. The van der Waals surface area contributed by atoms with E-state index in [4.69, 9.17) is 0 Å². The smallest absolute Gasteiger partial charge is 0.267 e. The Morgan fingerprint density at radius 3 is 2.63 bits per heavy atom. The van der Waals surface area contributed by atoms with E-state index in [1.807, 2.05) is 30.3 Å². The van der Waals surface area contributed by atoms with Crippen molar-refractivity contribution in [2.24, 2.45) is 0 Å². The van der Waals surface area contributed by atoms with E-state index in [9.17, 15) is 13.2 Å². The molecule has 0 radical (unpaired) electrons. The molecule has 3 rings (SSSR count). The van der Waals surface area contributed by atoms with Gasteiger partial charge in [-0.25, -0.2) is 8.42 Å². The molecule has 2 aromatic rings. The molecule has 0 spiro atoms. The maximum absolute atomic E-state index is 12.6. The first-order valence-corrected chi connectivity index (χ1v) is 11.5. The molecular weight excluding hydrogens is 384 g/mol. The van der Waals surface area contributed by atoms with E-state index in [1.165, 1.54) is 16.6 Å². The van der Waals surface area contributed by atoms with Crippen LogP contribution >= 0.6 is 11.8 Å². The van der Waals surface area contributed by atoms with E-state index in [1.54, 1.807) is 11.8 Å². The fraction of sp³-hybridized carbons (Fsp3) is 0.389. The van der Waals surface area contributed by atoms with E-state index in [2.05, 4.69) is 15.6 Å². The molecule has 27 heavy (non-hydrogen) atoms. The van der Waals surface area contributed by atoms with Crippen LogP contribution in [-0.4, -0.2) is 61.3 Å². The lowest BCUT2D eigenvalue weighted by atomic mass is 10.3. The number of aromatic amines is 1. The van der Waals surface area contributed by atoms with Crippen LogP contribution in [0.2, 0.25) is 0 Å². The minimum Gasteiger partial charge on any atom is -0.385 e. The van der Waals surface area contributed by atoms with Crippen LogP contribution in [0.25, 0.3) is 0 Å². The number of H-pyrrole nitrogens is 1. The first-order valence-electron chi connectivity index (χ1n) is 8.91. The molecule has 0 saturated carbocycles. The lowest BCUT2D eigenvalue weighted by molar-refractivity contribution is 0.0949. The zero-order valence-electron chi connectivity index (χ0n) is 15.0. The maximum atomic E-state index is 12.6. The van der Waals surface area contributed by atoms with Crippen LogP contribution in [-0.2, 0) is 10.0 Å². The van der Waals surface area contributed by atoms with Crippen LogP contribution in [0, 0.1) is 0 Å². The maximum Gasteiger partial charge on any atom is 0.267 e. The molecule has 2 heterocycles. The largest absolute Gasteiger partial charge is 0.385 e. The topological polar surface area (TPSA) is 94.3 Å². The van der Waals surface area contributed by atoms with Crippen molar-refractivity contribution in [3.63, 3.8) is 0 Å². The molecule has 0 aliphatic carbocycles. The number of sulfonamides is 1. The molecule has 0 unspecified atom stereocenters. The van der Waals surface area contributed by atoms with Gasteiger partial charge in [-0.05, 0) is 24.6 Å². The third-order valence-electron chi connectivity index (χ3n) is 4.25. The summed E-state index contributed by atoms with van der Waals surface area (Å²) in [4.78, 5) is 15.1. The van der Waals surface area contributed by atoms with E-state index in [0.717, 1.165) is 30.2 Å². The molecule has 1 saturated heterocycles. The number of nitrogens with one attached hydrogen (secondary N) is 3. The summed E-state index contributed by atoms with van der Waals surface area (Å²) >= 11 is 1.75. The van der Waals surface area contributed by atoms with E-state index >= 15 is 0 Å². The summed E-state index contributed by atoms with van der Waals surface area (Å²) in [6, 6.07) is 11.3. The van der Waals surface area contributed by atoms with Gasteiger partial charge in [-0.2, -0.15) is 16.1 Å². The van der Waals surface area contributed by atoms with Crippen molar-refractivity contribution < 1.29 is 13.2 Å². The highest BCUT2D eigenvalue weighted by atomic mass is 32.2. The monoisotopic (exact) mass is 408 g/mol. The third-order valence-corrected chi connectivity index (χ3v) is 7.07. The Hall–Kier alpha value is -1.97. The molecule has 9 heteroatoms. The number of carbonyl (C=O) groups is 1. The van der Waals surface area contributed by atoms with Crippen molar-refractivity contribution in [3.05, 3.63) is 48.3 Å². The van der Waals surface area contributed by atoms with Gasteiger partial charge in [-0.3, -0.25) is 4.79 Å². The number of benzene rings is 1. The van der Waals surface area contributed by atoms with Gasteiger partial charge in [0.15, 0.2) is 0 Å². The second-order valence-electron chi connectivity index (χ2n) is 6.17. The normalized spacial score (nSPS) is 15.4. The Bertz CT molecular complexity index is 847. The van der Waals surface area contributed by atoms with Gasteiger partial charge >= 0.3 is 0 Å². The molecule has 1 fully saturated rings. The van der Waals surface area contributed by atoms with Crippen molar-refractivity contribution in [1.82, 2.24) is 14.6 Å². The summed E-state index contributed by atoms with van der Waals surface area (Å²) in [7, 11) is -3.54. The molecule has 1 aliphatic rings. The fourth-order valence-corrected chi connectivity index (χ4v) is 5.34. The van der Waals surface area contributed by atoms with E-state index < -0.39 is 10.0 Å². The molecule has 1 aromatic heterocycles. The number of para-hydroxylation sites is 1. The zero-order valence-corrected chi connectivity index (χ0v) is 16.6. The summed E-state index contributed by atoms with van der Waals surface area (Å²) in [5.41, 5.74) is 1.30. The number of anilines is 1. The SMILES string of the molecule is O=C(NCCCNc1ccccc1)c1cc(S(=O)(=O)N2CCSCC2)c[nH]1. The van der Waals surface area contributed by atoms with Gasteiger partial charge in [-0.1, -0.05) is 18.2 Å². The summed E-state index contributed by atoms with van der Waals surface area (Å²) in [5, 5.41) is 6.08. The standard InChI is InChI=1S/C18H24N4O3S2/c23-18(20-8-4-7-19-15-5-2-1-3-6-15)17-13-16(14-21-17)27(24,25)22-9-11-26-12-10-22/h1-3,5-6,13-14,19,21H,4,7-12H2,(H,20,23). The second-order valence-corrected chi connectivity index (χ2v) is 9.33. The number of thioether (sulfide) groups is 1. The number of rotatable bonds is 8. The highest BCUT2D eigenvalue weighted by molar-refractivity contribution is 7.99. The number of hydrogen-bond donors (Lipinski definition) is 3. The molecule has 7 nitrogen and oxygen atoms in total. The predicted molar refractivity (Wildman–Crippen MR) is 109 cm³/mol. The van der Waals surface area contributed by atoms with Crippen LogP contribution < -0.4 is 10.6 Å². The van der Waals surface area contributed by atoms with Gasteiger partial charge in [0.05, 0.1) is 0 Å². The molecule has 3 N–H and O–H groups in total. The van der Waals surface area contributed by atoms with Gasteiger partial charge in [0.2, 0.25) is 10.0 Å². The Morgan fingerprint density at radius 1 is 1.15 bits per heavy atom. The molecule has 1 amide bonds. The van der Waals surface area contributed by atoms with Crippen molar-refractivity contribution in [2.45, 2.75) is 11.3 Å². The summed E-state index contributed by atoms with van der Waals surface area (Å²) in [6.45, 7) is 2.26. The molecule has 0 atom stereocenters. The highest BCUT2D eigenvalue weighted by Gasteiger charge is 2.27. The molecule has 1 aliphatic heterocycles. The predicted octanol–water partition coefficient (Wildman–Crippen LogP) is 1.98. The van der Waals surface area contributed by atoms with Gasteiger partial charge in [0.1, 0.15) is 10.6 Å². The summed E-state index contributed by atoms with van der Waals surface area (Å²) in [6.07, 6.45) is 2.15. The summed E-state index contributed by atoms with van der Waals surface area (Å²) < 4.78 is 26.7. The number of nitrogens with zero attached hydrogens (tertiary/aromatic N) is 1. The first-order chi connectivity index (χ1) is 13.1. The minimum absolute atomic E-state index is 0.144. The minimum atomic E-state index is -3.54. The Morgan fingerprint density at radius 2 is 1.89 bits per heavy atom. The second kappa shape index (κ2) is 9.29.